The molecule has 0 spiro atoms. The Morgan fingerprint density at radius 3 is 2.62 bits per heavy atom. The summed E-state index contributed by atoms with van der Waals surface area (Å²) in [5, 5.41) is 4.16. The van der Waals surface area contributed by atoms with E-state index in [4.69, 9.17) is 18.9 Å². The highest BCUT2D eigenvalue weighted by Gasteiger charge is 2.16. The number of amides is 1. The van der Waals surface area contributed by atoms with Crippen LogP contribution in [-0.2, 0) is 6.42 Å². The Morgan fingerprint density at radius 2 is 1.85 bits per heavy atom. The van der Waals surface area contributed by atoms with E-state index < -0.39 is 0 Å². The van der Waals surface area contributed by atoms with Crippen LogP contribution in [0, 0.1) is 0 Å². The first-order valence-electron chi connectivity index (χ1n) is 8.04. The van der Waals surface area contributed by atoms with Gasteiger partial charge in [-0.1, -0.05) is 6.07 Å². The molecule has 2 aromatic carbocycles. The van der Waals surface area contributed by atoms with Gasteiger partial charge in [-0.2, -0.15) is 5.10 Å². The SMILES string of the molecule is COc1ccc(C/C(C)=N\NC(=O)c2ccc3c(c2)OCO3)cc1OC. The molecule has 0 bridgehead atoms. The van der Waals surface area contributed by atoms with Gasteiger partial charge in [0.25, 0.3) is 5.91 Å². The van der Waals surface area contributed by atoms with Crippen molar-refractivity contribution in [3.8, 4) is 23.0 Å². The maximum absolute atomic E-state index is 12.2. The molecule has 0 unspecified atom stereocenters. The van der Waals surface area contributed by atoms with Gasteiger partial charge in [0.1, 0.15) is 0 Å². The Labute approximate surface area is 151 Å². The van der Waals surface area contributed by atoms with Crippen molar-refractivity contribution in [3.63, 3.8) is 0 Å². The van der Waals surface area contributed by atoms with Crippen LogP contribution in [0.3, 0.4) is 0 Å². The van der Waals surface area contributed by atoms with Gasteiger partial charge in [0.05, 0.1) is 14.2 Å². The molecule has 2 aromatic rings. The van der Waals surface area contributed by atoms with E-state index in [1.54, 1.807) is 32.4 Å². The van der Waals surface area contributed by atoms with Crippen LogP contribution < -0.4 is 24.4 Å². The molecule has 0 fully saturated rings. The maximum Gasteiger partial charge on any atom is 0.271 e. The molecule has 3 rings (SSSR count). The van der Waals surface area contributed by atoms with Crippen molar-refractivity contribution in [2.75, 3.05) is 21.0 Å². The molecule has 0 atom stereocenters. The number of fused-ring (bicyclic) bond motifs is 1. The van der Waals surface area contributed by atoms with E-state index in [0.717, 1.165) is 11.3 Å². The zero-order valence-corrected chi connectivity index (χ0v) is 14.9. The van der Waals surface area contributed by atoms with Gasteiger partial charge >= 0.3 is 0 Å². The molecule has 7 nitrogen and oxygen atoms in total. The summed E-state index contributed by atoms with van der Waals surface area (Å²) < 4.78 is 21.0. The quantitative estimate of drug-likeness (QED) is 0.636. The summed E-state index contributed by atoms with van der Waals surface area (Å²) in [6, 6.07) is 10.7. The number of ether oxygens (including phenoxy) is 4. The van der Waals surface area contributed by atoms with Crippen LogP contribution in [0.2, 0.25) is 0 Å². The number of carbonyl (C=O) groups is 1. The molecule has 1 N–H and O–H groups in total. The van der Waals surface area contributed by atoms with Crippen molar-refractivity contribution >= 4 is 11.6 Å². The largest absolute Gasteiger partial charge is 0.493 e. The average Bonchev–Trinajstić information content (AvgIpc) is 3.13. The molecule has 0 aliphatic carbocycles. The summed E-state index contributed by atoms with van der Waals surface area (Å²) in [7, 11) is 3.18. The van der Waals surface area contributed by atoms with Crippen LogP contribution >= 0.6 is 0 Å². The van der Waals surface area contributed by atoms with Gasteiger partial charge in [-0.25, -0.2) is 5.43 Å². The normalized spacial score (nSPS) is 12.7. The maximum atomic E-state index is 12.2. The fourth-order valence-electron chi connectivity index (χ4n) is 2.57. The molecule has 7 heteroatoms. The first-order valence-corrected chi connectivity index (χ1v) is 8.04. The number of nitrogens with zero attached hydrogens (tertiary/aromatic N) is 1. The fraction of sp³-hybridized carbons (Fsp3) is 0.263. The van der Waals surface area contributed by atoms with Gasteiger partial charge in [-0.3, -0.25) is 4.79 Å². The van der Waals surface area contributed by atoms with Crippen molar-refractivity contribution in [2.24, 2.45) is 5.10 Å². The molecule has 1 heterocycles. The smallest absolute Gasteiger partial charge is 0.271 e. The second kappa shape index (κ2) is 7.77. The second-order valence-electron chi connectivity index (χ2n) is 5.72. The van der Waals surface area contributed by atoms with E-state index in [1.165, 1.54) is 0 Å². The third-order valence-corrected chi connectivity index (χ3v) is 3.89. The number of hydrogen-bond donors (Lipinski definition) is 1. The predicted octanol–water partition coefficient (Wildman–Crippen LogP) is 2.78. The lowest BCUT2D eigenvalue weighted by Crippen LogP contribution is -2.19. The third kappa shape index (κ3) is 3.88. The van der Waals surface area contributed by atoms with E-state index >= 15 is 0 Å². The van der Waals surface area contributed by atoms with Crippen LogP contribution in [0.1, 0.15) is 22.8 Å². The third-order valence-electron chi connectivity index (χ3n) is 3.89. The first kappa shape index (κ1) is 17.6. The Bertz CT molecular complexity index is 848. The number of methoxy groups -OCH3 is 2. The number of hydrazone groups is 1. The van der Waals surface area contributed by atoms with E-state index in [0.29, 0.717) is 35.0 Å². The number of benzene rings is 2. The summed E-state index contributed by atoms with van der Waals surface area (Å²) in [5.41, 5.74) is 4.77. The Kier molecular flexibility index (Phi) is 5.26. The lowest BCUT2D eigenvalue weighted by molar-refractivity contribution is 0.0954. The highest BCUT2D eigenvalue weighted by Crippen LogP contribution is 2.32. The molecule has 0 aromatic heterocycles. The van der Waals surface area contributed by atoms with Crippen molar-refractivity contribution in [2.45, 2.75) is 13.3 Å². The molecular formula is C19H20N2O5. The number of nitrogens with one attached hydrogen (secondary N) is 1. The predicted molar refractivity (Wildman–Crippen MR) is 96.4 cm³/mol. The summed E-state index contributed by atoms with van der Waals surface area (Å²) in [5.74, 6) is 2.21. The highest BCUT2D eigenvalue weighted by molar-refractivity contribution is 5.96. The van der Waals surface area contributed by atoms with Gasteiger partial charge in [0, 0.05) is 17.7 Å². The molecular weight excluding hydrogens is 336 g/mol. The van der Waals surface area contributed by atoms with Gasteiger partial charge in [0.2, 0.25) is 6.79 Å². The lowest BCUT2D eigenvalue weighted by Gasteiger charge is -2.09. The van der Waals surface area contributed by atoms with Crippen LogP contribution in [0.25, 0.3) is 0 Å². The molecule has 1 aliphatic heterocycles. The molecule has 26 heavy (non-hydrogen) atoms. The van der Waals surface area contributed by atoms with Gasteiger partial charge in [-0.05, 0) is 42.8 Å². The molecule has 0 saturated carbocycles. The molecule has 1 aliphatic rings. The van der Waals surface area contributed by atoms with Gasteiger partial charge in [-0.15, -0.1) is 0 Å². The zero-order chi connectivity index (χ0) is 18.5. The van der Waals surface area contributed by atoms with Crippen LogP contribution in [0.15, 0.2) is 41.5 Å². The zero-order valence-electron chi connectivity index (χ0n) is 14.9. The average molecular weight is 356 g/mol. The van der Waals surface area contributed by atoms with E-state index in [9.17, 15) is 4.79 Å². The minimum atomic E-state index is -0.310. The summed E-state index contributed by atoms with van der Waals surface area (Å²) in [6.07, 6.45) is 0.571. The van der Waals surface area contributed by atoms with Crippen molar-refractivity contribution in [1.82, 2.24) is 5.43 Å². The van der Waals surface area contributed by atoms with Gasteiger partial charge in [0.15, 0.2) is 23.0 Å². The monoisotopic (exact) mass is 356 g/mol. The lowest BCUT2D eigenvalue weighted by atomic mass is 10.1. The number of carbonyl (C=O) groups excluding carboxylic acids is 1. The van der Waals surface area contributed by atoms with E-state index in [1.807, 2.05) is 25.1 Å². The van der Waals surface area contributed by atoms with Crippen molar-refractivity contribution < 1.29 is 23.7 Å². The molecule has 0 saturated heterocycles. The van der Waals surface area contributed by atoms with Crippen LogP contribution in [-0.4, -0.2) is 32.6 Å². The molecule has 1 amide bonds. The summed E-state index contributed by atoms with van der Waals surface area (Å²) in [6.45, 7) is 2.01. The van der Waals surface area contributed by atoms with Gasteiger partial charge < -0.3 is 18.9 Å². The first-order chi connectivity index (χ1) is 12.6. The number of hydrogen-bond acceptors (Lipinski definition) is 6. The summed E-state index contributed by atoms with van der Waals surface area (Å²) >= 11 is 0. The Balaban J connectivity index is 1.64. The minimum Gasteiger partial charge on any atom is -0.493 e. The highest BCUT2D eigenvalue weighted by atomic mass is 16.7. The topological polar surface area (TPSA) is 78.4 Å². The van der Waals surface area contributed by atoms with Crippen LogP contribution in [0.5, 0.6) is 23.0 Å². The fourth-order valence-corrected chi connectivity index (χ4v) is 2.57. The standard InChI is InChI=1S/C19H20N2O5/c1-12(8-13-4-6-15(23-2)17(9-13)24-3)20-21-19(22)14-5-7-16-18(10-14)26-11-25-16/h4-7,9-10H,8,11H2,1-3H3,(H,21,22)/b20-12-. The van der Waals surface area contributed by atoms with Crippen molar-refractivity contribution in [1.29, 1.82) is 0 Å². The second-order valence-corrected chi connectivity index (χ2v) is 5.72. The molecule has 0 radical (unpaired) electrons. The van der Waals surface area contributed by atoms with Crippen LogP contribution in [0.4, 0.5) is 0 Å². The summed E-state index contributed by atoms with van der Waals surface area (Å²) in [4.78, 5) is 12.2. The van der Waals surface area contributed by atoms with Crippen molar-refractivity contribution in [3.05, 3.63) is 47.5 Å². The Morgan fingerprint density at radius 1 is 1.08 bits per heavy atom. The van der Waals surface area contributed by atoms with E-state index in [-0.39, 0.29) is 12.7 Å². The Hall–Kier alpha value is -3.22. The number of rotatable bonds is 6. The van der Waals surface area contributed by atoms with E-state index in [2.05, 4.69) is 10.5 Å². The minimum absolute atomic E-state index is 0.170. The molecule has 136 valence electrons.